The molecule has 28 heavy (non-hydrogen) atoms. The summed E-state index contributed by atoms with van der Waals surface area (Å²) in [5, 5.41) is 2.85. The van der Waals surface area contributed by atoms with Crippen LogP contribution < -0.4 is 4.74 Å². The Labute approximate surface area is 176 Å². The smallest absolute Gasteiger partial charge is 0.143 e. The largest absolute Gasteiger partial charge is 0.456 e. The van der Waals surface area contributed by atoms with Gasteiger partial charge in [-0.3, -0.25) is 0 Å². The van der Waals surface area contributed by atoms with Crippen LogP contribution >= 0.6 is 27.5 Å². The van der Waals surface area contributed by atoms with Crippen molar-refractivity contribution >= 4 is 49.3 Å². The Morgan fingerprint density at radius 1 is 0.750 bits per heavy atom. The first-order valence-electron chi connectivity index (χ1n) is 8.93. The van der Waals surface area contributed by atoms with Crippen molar-refractivity contribution in [3.05, 3.63) is 100 Å². The first-order valence-corrected chi connectivity index (χ1v) is 10.1. The second-order valence-electron chi connectivity index (χ2n) is 6.49. The van der Waals surface area contributed by atoms with Crippen molar-refractivity contribution in [2.45, 2.75) is 0 Å². The number of hydrogen-bond acceptors (Lipinski definition) is 1. The summed E-state index contributed by atoms with van der Waals surface area (Å²) in [5.74, 6) is 1.55. The summed E-state index contributed by atoms with van der Waals surface area (Å²) in [6.07, 6.45) is 0. The molecule has 0 saturated heterocycles. The number of para-hydroxylation sites is 2. The van der Waals surface area contributed by atoms with E-state index in [9.17, 15) is 0 Å². The molecule has 0 saturated carbocycles. The topological polar surface area (TPSA) is 14.2 Å². The van der Waals surface area contributed by atoms with Crippen LogP contribution in [0.2, 0.25) is 5.02 Å². The standard InChI is InChI=1S/C24H15BrClNO/c25-23-21(28-17-10-5-2-6-11-17)15-14-18-22-19(26)12-7-13-20(22)27(24(18)23)16-8-3-1-4-9-16/h1-15H. The molecule has 0 aliphatic heterocycles. The average molecular weight is 449 g/mol. The zero-order valence-electron chi connectivity index (χ0n) is 14.8. The molecule has 0 aliphatic rings. The third-order valence-electron chi connectivity index (χ3n) is 4.79. The number of aromatic nitrogens is 1. The summed E-state index contributed by atoms with van der Waals surface area (Å²) >= 11 is 10.4. The number of ether oxygens (including phenoxy) is 1. The zero-order valence-corrected chi connectivity index (χ0v) is 17.1. The molecule has 4 heteroatoms. The van der Waals surface area contributed by atoms with E-state index in [1.54, 1.807) is 0 Å². The fraction of sp³-hybridized carbons (Fsp3) is 0. The summed E-state index contributed by atoms with van der Waals surface area (Å²) in [6.45, 7) is 0. The van der Waals surface area contributed by atoms with Crippen molar-refractivity contribution in [2.24, 2.45) is 0 Å². The van der Waals surface area contributed by atoms with Gasteiger partial charge in [-0.1, -0.05) is 54.1 Å². The maximum Gasteiger partial charge on any atom is 0.143 e. The molecule has 0 fully saturated rings. The highest BCUT2D eigenvalue weighted by molar-refractivity contribution is 9.10. The lowest BCUT2D eigenvalue weighted by Gasteiger charge is -2.12. The number of nitrogens with zero attached hydrogens (tertiary/aromatic N) is 1. The van der Waals surface area contributed by atoms with Gasteiger partial charge in [0.1, 0.15) is 11.5 Å². The highest BCUT2D eigenvalue weighted by Gasteiger charge is 2.19. The Morgan fingerprint density at radius 3 is 2.21 bits per heavy atom. The predicted molar refractivity (Wildman–Crippen MR) is 120 cm³/mol. The molecular formula is C24H15BrClNO. The Hall–Kier alpha value is -2.75. The zero-order chi connectivity index (χ0) is 19.1. The first kappa shape index (κ1) is 17.4. The second kappa shape index (κ2) is 7.01. The number of rotatable bonds is 3. The van der Waals surface area contributed by atoms with Crippen molar-refractivity contribution in [2.75, 3.05) is 0 Å². The molecule has 0 N–H and O–H groups in total. The predicted octanol–water partition coefficient (Wildman–Crippen LogP) is 7.99. The molecule has 2 nitrogen and oxygen atoms in total. The highest BCUT2D eigenvalue weighted by atomic mass is 79.9. The van der Waals surface area contributed by atoms with Crippen LogP contribution in [0.5, 0.6) is 11.5 Å². The number of benzene rings is 4. The van der Waals surface area contributed by atoms with Crippen LogP contribution in [-0.4, -0.2) is 4.57 Å². The van der Waals surface area contributed by atoms with E-state index in [0.29, 0.717) is 0 Å². The van der Waals surface area contributed by atoms with Crippen molar-refractivity contribution in [1.29, 1.82) is 0 Å². The van der Waals surface area contributed by atoms with E-state index in [1.807, 2.05) is 66.7 Å². The SMILES string of the molecule is Clc1cccc2c1c1ccc(Oc3ccccc3)c(Br)c1n2-c1ccccc1. The minimum Gasteiger partial charge on any atom is -0.456 e. The van der Waals surface area contributed by atoms with Crippen LogP contribution in [0, 0.1) is 0 Å². The van der Waals surface area contributed by atoms with Gasteiger partial charge in [0, 0.05) is 16.5 Å². The summed E-state index contributed by atoms with van der Waals surface area (Å²) in [6, 6.07) is 30.1. The Bertz CT molecular complexity index is 1300. The molecule has 0 bridgehead atoms. The fourth-order valence-corrected chi connectivity index (χ4v) is 4.47. The van der Waals surface area contributed by atoms with E-state index in [-0.39, 0.29) is 0 Å². The normalized spacial score (nSPS) is 11.2. The lowest BCUT2D eigenvalue weighted by Crippen LogP contribution is -1.95. The number of fused-ring (bicyclic) bond motifs is 3. The van der Waals surface area contributed by atoms with Crippen LogP contribution in [0.15, 0.2) is 95.5 Å². The molecular weight excluding hydrogens is 434 g/mol. The van der Waals surface area contributed by atoms with Crippen LogP contribution in [-0.2, 0) is 0 Å². The average Bonchev–Trinajstić information content (AvgIpc) is 3.08. The Kier molecular flexibility index (Phi) is 4.34. The number of halogens is 2. The van der Waals surface area contributed by atoms with E-state index >= 15 is 0 Å². The third-order valence-corrected chi connectivity index (χ3v) is 5.87. The second-order valence-corrected chi connectivity index (χ2v) is 7.69. The van der Waals surface area contributed by atoms with Gasteiger partial charge in [-0.05, 0) is 64.5 Å². The Morgan fingerprint density at radius 2 is 1.46 bits per heavy atom. The van der Waals surface area contributed by atoms with Gasteiger partial charge in [-0.15, -0.1) is 0 Å². The monoisotopic (exact) mass is 447 g/mol. The molecule has 1 heterocycles. The van der Waals surface area contributed by atoms with Crippen molar-refractivity contribution < 1.29 is 4.74 Å². The van der Waals surface area contributed by atoms with Crippen LogP contribution in [0.25, 0.3) is 27.5 Å². The van der Waals surface area contributed by atoms with Crippen molar-refractivity contribution in [3.63, 3.8) is 0 Å². The minimum absolute atomic E-state index is 0.737. The van der Waals surface area contributed by atoms with E-state index in [1.165, 1.54) is 0 Å². The summed E-state index contributed by atoms with van der Waals surface area (Å²) < 4.78 is 9.26. The van der Waals surface area contributed by atoms with Gasteiger partial charge in [0.05, 0.1) is 20.5 Å². The molecule has 4 aromatic carbocycles. The number of hydrogen-bond donors (Lipinski definition) is 0. The molecule has 0 atom stereocenters. The maximum absolute atomic E-state index is 6.60. The van der Waals surface area contributed by atoms with Gasteiger partial charge in [0.2, 0.25) is 0 Å². The molecule has 136 valence electrons. The van der Waals surface area contributed by atoms with Crippen LogP contribution in [0.3, 0.4) is 0 Å². The third kappa shape index (κ3) is 2.79. The van der Waals surface area contributed by atoms with E-state index < -0.39 is 0 Å². The van der Waals surface area contributed by atoms with E-state index in [2.05, 4.69) is 44.8 Å². The molecule has 0 spiro atoms. The van der Waals surface area contributed by atoms with Crippen molar-refractivity contribution in [3.8, 4) is 17.2 Å². The van der Waals surface area contributed by atoms with Gasteiger partial charge >= 0.3 is 0 Å². The molecule has 1 aromatic heterocycles. The van der Waals surface area contributed by atoms with Gasteiger partial charge in [-0.25, -0.2) is 0 Å². The maximum atomic E-state index is 6.60. The summed E-state index contributed by atoms with van der Waals surface area (Å²) in [7, 11) is 0. The van der Waals surface area contributed by atoms with E-state index in [0.717, 1.165) is 48.5 Å². The molecule has 5 rings (SSSR count). The lowest BCUT2D eigenvalue weighted by atomic mass is 10.1. The molecule has 5 aromatic rings. The minimum atomic E-state index is 0.737. The molecule has 0 radical (unpaired) electrons. The van der Waals surface area contributed by atoms with Gasteiger partial charge < -0.3 is 9.30 Å². The Balaban J connectivity index is 1.84. The summed E-state index contributed by atoms with van der Waals surface area (Å²) in [4.78, 5) is 0. The quantitative estimate of drug-likeness (QED) is 0.273. The van der Waals surface area contributed by atoms with Gasteiger partial charge in [0.15, 0.2) is 0 Å². The van der Waals surface area contributed by atoms with Gasteiger partial charge in [0.25, 0.3) is 0 Å². The van der Waals surface area contributed by atoms with E-state index in [4.69, 9.17) is 16.3 Å². The first-order chi connectivity index (χ1) is 13.7. The molecule has 0 aliphatic carbocycles. The molecule has 0 amide bonds. The highest BCUT2D eigenvalue weighted by Crippen LogP contribution is 2.43. The fourth-order valence-electron chi connectivity index (χ4n) is 3.59. The lowest BCUT2D eigenvalue weighted by molar-refractivity contribution is 0.480. The van der Waals surface area contributed by atoms with Crippen LogP contribution in [0.1, 0.15) is 0 Å². The molecule has 0 unspecified atom stereocenters. The summed E-state index contributed by atoms with van der Waals surface area (Å²) in [5.41, 5.74) is 3.16. The van der Waals surface area contributed by atoms with Crippen LogP contribution in [0.4, 0.5) is 0 Å². The van der Waals surface area contributed by atoms with Gasteiger partial charge in [-0.2, -0.15) is 0 Å². The van der Waals surface area contributed by atoms with Crippen molar-refractivity contribution in [1.82, 2.24) is 4.57 Å².